The predicted molar refractivity (Wildman–Crippen MR) is 80.3 cm³/mol. The summed E-state index contributed by atoms with van der Waals surface area (Å²) in [6.07, 6.45) is -0.883. The van der Waals surface area contributed by atoms with Crippen molar-refractivity contribution in [1.82, 2.24) is 10.2 Å². The van der Waals surface area contributed by atoms with Gasteiger partial charge >= 0.3 is 18.1 Å². The molecule has 1 aliphatic carbocycles. The summed E-state index contributed by atoms with van der Waals surface area (Å²) in [6, 6.07) is 1.97. The average molecular weight is 351 g/mol. The van der Waals surface area contributed by atoms with Crippen molar-refractivity contribution in [3.8, 4) is 0 Å². The van der Waals surface area contributed by atoms with E-state index in [2.05, 4.69) is 10.6 Å². The molecule has 0 radical (unpaired) electrons. The zero-order chi connectivity index (χ0) is 18.4. The number of carbonyl (C=O) groups is 4. The van der Waals surface area contributed by atoms with Crippen LogP contribution in [0.2, 0.25) is 0 Å². The van der Waals surface area contributed by atoms with Crippen molar-refractivity contribution < 1.29 is 33.4 Å². The summed E-state index contributed by atoms with van der Waals surface area (Å²) in [5.74, 6) is -3.10. The van der Waals surface area contributed by atoms with Gasteiger partial charge in [0.15, 0.2) is 0 Å². The van der Waals surface area contributed by atoms with E-state index in [4.69, 9.17) is 9.84 Å². The Labute approximate surface area is 140 Å². The minimum atomic E-state index is -1.85. The summed E-state index contributed by atoms with van der Waals surface area (Å²) in [6.45, 7) is -0.854. The van der Waals surface area contributed by atoms with Crippen LogP contribution in [0.4, 0.5) is 19.7 Å². The number of ether oxygens (including phenoxy) is 1. The second-order valence-electron chi connectivity index (χ2n) is 5.68. The second-order valence-corrected chi connectivity index (χ2v) is 5.68. The fraction of sp³-hybridized carbons (Fsp3) is 0.333. The Bertz CT molecular complexity index is 811. The van der Waals surface area contributed by atoms with E-state index in [0.29, 0.717) is 10.5 Å². The maximum atomic E-state index is 14.6. The topological polar surface area (TPSA) is 125 Å². The molecule has 4 amide bonds. The molecule has 0 aromatic heterocycles. The zero-order valence-electron chi connectivity index (χ0n) is 13.1. The molecule has 1 saturated heterocycles. The molecule has 1 aromatic rings. The molecule has 1 aromatic carbocycles. The number of nitrogens with zero attached hydrogens (tertiary/aromatic N) is 1. The number of amides is 4. The molecule has 1 spiro atoms. The third kappa shape index (κ3) is 2.55. The van der Waals surface area contributed by atoms with Crippen LogP contribution < -0.4 is 10.6 Å². The van der Waals surface area contributed by atoms with E-state index in [9.17, 15) is 23.6 Å². The molecule has 0 saturated carbocycles. The number of rotatable bonds is 3. The summed E-state index contributed by atoms with van der Waals surface area (Å²) in [5, 5.41) is 13.6. The maximum Gasteiger partial charge on any atom is 0.418 e. The quantitative estimate of drug-likeness (QED) is 0.739. The van der Waals surface area contributed by atoms with Gasteiger partial charge < -0.3 is 20.5 Å². The molecule has 10 heteroatoms. The van der Waals surface area contributed by atoms with E-state index < -0.39 is 42.0 Å². The Balaban J connectivity index is 1.99. The predicted octanol–water partition coefficient (Wildman–Crippen LogP) is 0.782. The van der Waals surface area contributed by atoms with Crippen LogP contribution >= 0.6 is 0 Å². The lowest BCUT2D eigenvalue weighted by molar-refractivity contribution is -0.144. The zero-order valence-corrected chi connectivity index (χ0v) is 13.1. The third-order valence-electron chi connectivity index (χ3n) is 4.17. The number of carboxylic acid groups (broad SMARTS) is 1. The molecule has 25 heavy (non-hydrogen) atoms. The number of nitrogens with one attached hydrogen (secondary N) is 2. The first-order chi connectivity index (χ1) is 11.8. The van der Waals surface area contributed by atoms with Crippen molar-refractivity contribution in [3.05, 3.63) is 29.1 Å². The number of hydrogen-bond donors (Lipinski definition) is 3. The van der Waals surface area contributed by atoms with Crippen LogP contribution in [-0.4, -0.2) is 47.6 Å². The van der Waals surface area contributed by atoms with Gasteiger partial charge in [0, 0.05) is 24.7 Å². The van der Waals surface area contributed by atoms with Crippen molar-refractivity contribution in [2.45, 2.75) is 18.4 Å². The van der Waals surface area contributed by atoms with E-state index in [1.807, 2.05) is 0 Å². The highest BCUT2D eigenvalue weighted by atomic mass is 19.1. The Morgan fingerprint density at radius 2 is 2.12 bits per heavy atom. The van der Waals surface area contributed by atoms with E-state index >= 15 is 0 Å². The lowest BCUT2D eigenvalue weighted by Gasteiger charge is -2.21. The number of aliphatic carboxylic acids is 1. The van der Waals surface area contributed by atoms with Crippen LogP contribution in [0.25, 0.3) is 0 Å². The normalized spacial score (nSPS) is 21.3. The van der Waals surface area contributed by atoms with Crippen molar-refractivity contribution in [2.75, 3.05) is 18.9 Å². The number of carbonyl (C=O) groups excluding carboxylic acids is 3. The molecule has 2 aliphatic rings. The highest BCUT2D eigenvalue weighted by Gasteiger charge is 2.59. The number of anilines is 1. The summed E-state index contributed by atoms with van der Waals surface area (Å²) >= 11 is 0. The van der Waals surface area contributed by atoms with Gasteiger partial charge in [0.25, 0.3) is 5.91 Å². The first-order valence-corrected chi connectivity index (χ1v) is 7.37. The summed E-state index contributed by atoms with van der Waals surface area (Å²) in [4.78, 5) is 47.1. The van der Waals surface area contributed by atoms with Crippen LogP contribution in [0, 0.1) is 5.82 Å². The summed E-state index contributed by atoms with van der Waals surface area (Å²) in [5.41, 5.74) is -1.35. The maximum absolute atomic E-state index is 14.6. The van der Waals surface area contributed by atoms with Crippen LogP contribution in [0.1, 0.15) is 17.5 Å². The molecule has 1 fully saturated rings. The number of benzene rings is 1. The minimum absolute atomic E-state index is 0.00335. The molecule has 9 nitrogen and oxygen atoms in total. The van der Waals surface area contributed by atoms with E-state index in [-0.39, 0.29) is 24.1 Å². The molecule has 3 N–H and O–H groups in total. The second kappa shape index (κ2) is 5.72. The standard InChI is InChI=1S/C15H14FN3O6/c1-17-13(23)18-8-4-7-2-3-15(11(7)9(16)5-8)12(22)19(6-10(20)21)14(24)25-15/h4-5H,2-3,6H2,1H3,(H,20,21)(H2,17,18,23)/t15-/m1/s1. The molecule has 1 heterocycles. The van der Waals surface area contributed by atoms with Gasteiger partial charge in [0.1, 0.15) is 12.4 Å². The number of aryl methyl sites for hydroxylation is 1. The lowest BCUT2D eigenvalue weighted by Crippen LogP contribution is -2.40. The molecule has 132 valence electrons. The summed E-state index contributed by atoms with van der Waals surface area (Å²) < 4.78 is 19.8. The van der Waals surface area contributed by atoms with Gasteiger partial charge in [0.05, 0.1) is 0 Å². The Kier molecular flexibility index (Phi) is 3.82. The smallest absolute Gasteiger partial charge is 0.418 e. The van der Waals surface area contributed by atoms with Gasteiger partial charge in [-0.3, -0.25) is 9.59 Å². The monoisotopic (exact) mass is 351 g/mol. The van der Waals surface area contributed by atoms with Crippen LogP contribution in [0.5, 0.6) is 0 Å². The fourth-order valence-corrected chi connectivity index (χ4v) is 3.15. The van der Waals surface area contributed by atoms with E-state index in [1.54, 1.807) is 0 Å². The van der Waals surface area contributed by atoms with Crippen molar-refractivity contribution in [1.29, 1.82) is 0 Å². The molecule has 0 bridgehead atoms. The Morgan fingerprint density at radius 3 is 2.76 bits per heavy atom. The van der Waals surface area contributed by atoms with Crippen molar-refractivity contribution in [2.24, 2.45) is 0 Å². The number of urea groups is 1. The molecule has 3 rings (SSSR count). The summed E-state index contributed by atoms with van der Waals surface area (Å²) in [7, 11) is 1.40. The SMILES string of the molecule is CNC(=O)Nc1cc(F)c2c(c1)CC[C@@]21OC(=O)N(CC(=O)O)C1=O. The Hall–Kier alpha value is -3.17. The average Bonchev–Trinajstić information content (AvgIpc) is 3.01. The van der Waals surface area contributed by atoms with Gasteiger partial charge in [-0.15, -0.1) is 0 Å². The van der Waals surface area contributed by atoms with Gasteiger partial charge in [-0.1, -0.05) is 0 Å². The van der Waals surface area contributed by atoms with Gasteiger partial charge in [-0.2, -0.15) is 0 Å². The molecule has 1 atom stereocenters. The van der Waals surface area contributed by atoms with Gasteiger partial charge in [-0.25, -0.2) is 18.9 Å². The largest absolute Gasteiger partial charge is 0.480 e. The molecular formula is C15H14FN3O6. The highest BCUT2D eigenvalue weighted by Crippen LogP contribution is 2.47. The van der Waals surface area contributed by atoms with Crippen LogP contribution in [-0.2, 0) is 26.3 Å². The number of fused-ring (bicyclic) bond motifs is 2. The molecule has 0 unspecified atom stereocenters. The number of carboxylic acids is 1. The number of imide groups is 1. The van der Waals surface area contributed by atoms with Gasteiger partial charge in [-0.05, 0) is 24.1 Å². The Morgan fingerprint density at radius 1 is 1.40 bits per heavy atom. The van der Waals surface area contributed by atoms with Crippen LogP contribution in [0.15, 0.2) is 12.1 Å². The van der Waals surface area contributed by atoms with Gasteiger partial charge in [0.2, 0.25) is 5.60 Å². The fourth-order valence-electron chi connectivity index (χ4n) is 3.15. The third-order valence-corrected chi connectivity index (χ3v) is 4.17. The highest BCUT2D eigenvalue weighted by molar-refractivity contribution is 6.06. The number of hydrogen-bond acceptors (Lipinski definition) is 5. The van der Waals surface area contributed by atoms with Crippen LogP contribution in [0.3, 0.4) is 0 Å². The van der Waals surface area contributed by atoms with E-state index in [0.717, 1.165) is 6.07 Å². The molecule has 1 aliphatic heterocycles. The minimum Gasteiger partial charge on any atom is -0.480 e. The van der Waals surface area contributed by atoms with Crippen molar-refractivity contribution >= 4 is 29.7 Å². The number of halogens is 1. The first-order valence-electron chi connectivity index (χ1n) is 7.37. The van der Waals surface area contributed by atoms with Crippen molar-refractivity contribution in [3.63, 3.8) is 0 Å². The first kappa shape index (κ1) is 16.7. The van der Waals surface area contributed by atoms with E-state index in [1.165, 1.54) is 13.1 Å². The lowest BCUT2D eigenvalue weighted by atomic mass is 9.94. The molecular weight excluding hydrogens is 337 g/mol.